The Bertz CT molecular complexity index is 413. The number of aromatic nitrogens is 2. The fraction of sp³-hybridized carbons (Fsp3) is 0.857. The van der Waals surface area contributed by atoms with E-state index in [1.54, 1.807) is 14.2 Å². The van der Waals surface area contributed by atoms with Crippen LogP contribution in [0.2, 0.25) is 0 Å². The van der Waals surface area contributed by atoms with Gasteiger partial charge < -0.3 is 14.0 Å². The monoisotopic (exact) mass is 298 g/mol. The molecule has 1 aromatic rings. The summed E-state index contributed by atoms with van der Waals surface area (Å²) in [6, 6.07) is 0.518. The van der Waals surface area contributed by atoms with Gasteiger partial charge in [-0.25, -0.2) is 0 Å². The minimum Gasteiger partial charge on any atom is -0.384 e. The zero-order chi connectivity index (χ0) is 15.1. The lowest BCUT2D eigenvalue weighted by Gasteiger charge is -2.39. The van der Waals surface area contributed by atoms with Crippen LogP contribution in [-0.2, 0) is 22.4 Å². The minimum atomic E-state index is 0.518. The van der Waals surface area contributed by atoms with Crippen molar-refractivity contribution in [3.05, 3.63) is 11.7 Å². The first kappa shape index (κ1) is 16.4. The smallest absolute Gasteiger partial charge is 0.240 e. The maximum Gasteiger partial charge on any atom is 0.240 e. The van der Waals surface area contributed by atoms with Crippen LogP contribution in [-0.4, -0.2) is 79.6 Å². The van der Waals surface area contributed by atoms with E-state index in [1.807, 2.05) is 0 Å². The average molecular weight is 298 g/mol. The number of rotatable bonds is 8. The largest absolute Gasteiger partial charge is 0.384 e. The SMILES string of the molecule is COCCc1noc(CN2CCN(CCOC)[C@@H](C)C2)n1. The van der Waals surface area contributed by atoms with Gasteiger partial charge in [-0.1, -0.05) is 5.16 Å². The molecule has 0 aliphatic carbocycles. The molecule has 7 nitrogen and oxygen atoms in total. The lowest BCUT2D eigenvalue weighted by molar-refractivity contribution is 0.0512. The third-order valence-corrected chi connectivity index (χ3v) is 3.83. The van der Waals surface area contributed by atoms with E-state index in [9.17, 15) is 0 Å². The van der Waals surface area contributed by atoms with Gasteiger partial charge in [-0.05, 0) is 6.92 Å². The van der Waals surface area contributed by atoms with Crippen LogP contribution < -0.4 is 0 Å². The number of methoxy groups -OCH3 is 2. The standard InChI is InChI=1S/C14H26N4O3/c1-12-10-17(5-6-18(12)7-9-20-3)11-14-15-13(16-21-14)4-8-19-2/h12H,4-11H2,1-3H3/t12-/m0/s1. The van der Waals surface area contributed by atoms with Crippen LogP contribution in [0, 0.1) is 0 Å². The lowest BCUT2D eigenvalue weighted by atomic mass is 10.2. The summed E-state index contributed by atoms with van der Waals surface area (Å²) in [4.78, 5) is 9.22. The summed E-state index contributed by atoms with van der Waals surface area (Å²) in [6.07, 6.45) is 0.696. The highest BCUT2D eigenvalue weighted by molar-refractivity contribution is 4.88. The molecule has 0 unspecified atom stereocenters. The highest BCUT2D eigenvalue weighted by Crippen LogP contribution is 2.12. The maximum atomic E-state index is 5.30. The van der Waals surface area contributed by atoms with Gasteiger partial charge in [0.05, 0.1) is 19.8 Å². The minimum absolute atomic E-state index is 0.518. The van der Waals surface area contributed by atoms with Gasteiger partial charge in [-0.15, -0.1) is 0 Å². The Morgan fingerprint density at radius 1 is 1.24 bits per heavy atom. The van der Waals surface area contributed by atoms with Crippen LogP contribution >= 0.6 is 0 Å². The predicted octanol–water partition coefficient (Wildman–Crippen LogP) is 0.411. The van der Waals surface area contributed by atoms with Crippen molar-refractivity contribution < 1.29 is 14.0 Å². The molecule has 0 radical (unpaired) electrons. The van der Waals surface area contributed by atoms with E-state index in [1.165, 1.54) is 0 Å². The van der Waals surface area contributed by atoms with E-state index < -0.39 is 0 Å². The maximum absolute atomic E-state index is 5.30. The predicted molar refractivity (Wildman–Crippen MR) is 78.1 cm³/mol. The highest BCUT2D eigenvalue weighted by atomic mass is 16.5. The number of piperazine rings is 1. The molecule has 0 amide bonds. The van der Waals surface area contributed by atoms with Crippen LogP contribution in [0.25, 0.3) is 0 Å². The molecule has 120 valence electrons. The van der Waals surface area contributed by atoms with Gasteiger partial charge in [-0.2, -0.15) is 4.98 Å². The van der Waals surface area contributed by atoms with Crippen LogP contribution in [0.15, 0.2) is 4.52 Å². The summed E-state index contributed by atoms with van der Waals surface area (Å²) >= 11 is 0. The summed E-state index contributed by atoms with van der Waals surface area (Å²) in [5.74, 6) is 1.41. The Hall–Kier alpha value is -1.02. The molecule has 7 heteroatoms. The molecule has 1 aromatic heterocycles. The summed E-state index contributed by atoms with van der Waals surface area (Å²) in [5.41, 5.74) is 0. The molecule has 0 saturated carbocycles. The fourth-order valence-electron chi connectivity index (χ4n) is 2.60. The summed E-state index contributed by atoms with van der Waals surface area (Å²) in [6.45, 7) is 8.46. The van der Waals surface area contributed by atoms with Crippen molar-refractivity contribution in [1.82, 2.24) is 19.9 Å². The van der Waals surface area contributed by atoms with E-state index in [4.69, 9.17) is 14.0 Å². The van der Waals surface area contributed by atoms with Crippen molar-refractivity contribution in [2.45, 2.75) is 25.9 Å². The molecule has 1 aliphatic rings. The van der Waals surface area contributed by atoms with E-state index in [-0.39, 0.29) is 0 Å². The Balaban J connectivity index is 1.78. The number of ether oxygens (including phenoxy) is 2. The van der Waals surface area contributed by atoms with Crippen LogP contribution in [0.4, 0.5) is 0 Å². The molecule has 21 heavy (non-hydrogen) atoms. The molecule has 0 N–H and O–H groups in total. The molecule has 0 bridgehead atoms. The van der Waals surface area contributed by atoms with E-state index >= 15 is 0 Å². The highest BCUT2D eigenvalue weighted by Gasteiger charge is 2.24. The van der Waals surface area contributed by atoms with Gasteiger partial charge in [0.15, 0.2) is 5.82 Å². The summed E-state index contributed by atoms with van der Waals surface area (Å²) in [7, 11) is 3.42. The van der Waals surface area contributed by atoms with Crippen molar-refractivity contribution in [3.63, 3.8) is 0 Å². The molecule has 1 atom stereocenters. The van der Waals surface area contributed by atoms with Crippen molar-refractivity contribution in [2.75, 3.05) is 53.6 Å². The van der Waals surface area contributed by atoms with Gasteiger partial charge in [0.1, 0.15) is 0 Å². The van der Waals surface area contributed by atoms with E-state index in [0.717, 1.165) is 45.2 Å². The molecule has 1 fully saturated rings. The number of nitrogens with zero attached hydrogens (tertiary/aromatic N) is 4. The Kier molecular flexibility index (Phi) is 6.56. The fourth-order valence-corrected chi connectivity index (χ4v) is 2.60. The topological polar surface area (TPSA) is 63.9 Å². The van der Waals surface area contributed by atoms with Gasteiger partial charge in [0.25, 0.3) is 0 Å². The number of hydrogen-bond acceptors (Lipinski definition) is 7. The molecule has 2 rings (SSSR count). The van der Waals surface area contributed by atoms with Gasteiger partial charge in [0.2, 0.25) is 5.89 Å². The zero-order valence-corrected chi connectivity index (χ0v) is 13.2. The quantitative estimate of drug-likeness (QED) is 0.689. The first-order valence-corrected chi connectivity index (χ1v) is 7.48. The average Bonchev–Trinajstić information content (AvgIpc) is 2.92. The first-order chi connectivity index (χ1) is 10.2. The second kappa shape index (κ2) is 8.43. The Labute approximate surface area is 126 Å². The summed E-state index contributed by atoms with van der Waals surface area (Å²) < 4.78 is 15.5. The molecule has 0 spiro atoms. The van der Waals surface area contributed by atoms with Crippen molar-refractivity contribution in [2.24, 2.45) is 0 Å². The first-order valence-electron chi connectivity index (χ1n) is 7.48. The second-order valence-electron chi connectivity index (χ2n) is 5.46. The third kappa shape index (κ3) is 5.03. The van der Waals surface area contributed by atoms with Gasteiger partial charge >= 0.3 is 0 Å². The molecule has 1 aliphatic heterocycles. The molecule has 0 aromatic carbocycles. The third-order valence-electron chi connectivity index (χ3n) is 3.83. The Morgan fingerprint density at radius 3 is 2.76 bits per heavy atom. The normalized spacial score (nSPS) is 21.0. The van der Waals surface area contributed by atoms with Crippen LogP contribution in [0.3, 0.4) is 0 Å². The van der Waals surface area contributed by atoms with Crippen LogP contribution in [0.5, 0.6) is 0 Å². The number of hydrogen-bond donors (Lipinski definition) is 0. The molecule has 1 saturated heterocycles. The van der Waals surface area contributed by atoms with Crippen molar-refractivity contribution >= 4 is 0 Å². The van der Waals surface area contributed by atoms with E-state index in [2.05, 4.69) is 26.9 Å². The molecular weight excluding hydrogens is 272 g/mol. The lowest BCUT2D eigenvalue weighted by Crippen LogP contribution is -2.52. The Morgan fingerprint density at radius 2 is 2.05 bits per heavy atom. The second-order valence-corrected chi connectivity index (χ2v) is 5.46. The van der Waals surface area contributed by atoms with Gasteiger partial charge in [-0.3, -0.25) is 9.80 Å². The van der Waals surface area contributed by atoms with Crippen molar-refractivity contribution in [1.29, 1.82) is 0 Å². The van der Waals surface area contributed by atoms with Crippen LogP contribution in [0.1, 0.15) is 18.6 Å². The van der Waals surface area contributed by atoms with E-state index in [0.29, 0.717) is 25.0 Å². The summed E-state index contributed by atoms with van der Waals surface area (Å²) in [5, 5.41) is 3.97. The van der Waals surface area contributed by atoms with Gasteiger partial charge in [0, 0.05) is 52.9 Å². The molecular formula is C14H26N4O3. The van der Waals surface area contributed by atoms with Crippen molar-refractivity contribution in [3.8, 4) is 0 Å². The molecule has 2 heterocycles. The zero-order valence-electron chi connectivity index (χ0n) is 13.2.